The molecule has 0 radical (unpaired) electrons. The fourth-order valence-corrected chi connectivity index (χ4v) is 5.23. The van der Waals surface area contributed by atoms with Gasteiger partial charge in [0.05, 0.1) is 0 Å². The van der Waals surface area contributed by atoms with E-state index in [4.69, 9.17) is 0 Å². The minimum absolute atomic E-state index is 1.20. The Hall–Kier alpha value is -2.16. The molecule has 0 unspecified atom stereocenters. The summed E-state index contributed by atoms with van der Waals surface area (Å²) in [5.41, 5.74) is 5.37. The Balaban J connectivity index is 1.44. The van der Waals surface area contributed by atoms with Gasteiger partial charge in [0.2, 0.25) is 0 Å². The SMILES string of the molecule is CCCCCCc1ccc(-c2ccc(-c3ccc(-c4cccs4)cc3)s2)cc1. The molecule has 0 bridgehead atoms. The fraction of sp³-hybridized carbons (Fsp3) is 0.231. The van der Waals surface area contributed by atoms with E-state index < -0.39 is 0 Å². The van der Waals surface area contributed by atoms with Crippen LogP contribution in [0.4, 0.5) is 0 Å². The van der Waals surface area contributed by atoms with Gasteiger partial charge in [-0.25, -0.2) is 0 Å². The molecule has 4 rings (SSSR count). The molecular weight excluding hydrogens is 376 g/mol. The first-order valence-corrected chi connectivity index (χ1v) is 11.9. The van der Waals surface area contributed by atoms with Gasteiger partial charge in [0.15, 0.2) is 0 Å². The van der Waals surface area contributed by atoms with E-state index in [1.807, 2.05) is 11.3 Å². The van der Waals surface area contributed by atoms with Crippen LogP contribution in [0.5, 0.6) is 0 Å². The Morgan fingerprint density at radius 3 is 1.79 bits per heavy atom. The number of hydrogen-bond donors (Lipinski definition) is 0. The lowest BCUT2D eigenvalue weighted by Gasteiger charge is -2.03. The Morgan fingerprint density at radius 2 is 1.21 bits per heavy atom. The topological polar surface area (TPSA) is 0 Å². The second kappa shape index (κ2) is 9.36. The van der Waals surface area contributed by atoms with Crippen molar-refractivity contribution in [2.45, 2.75) is 39.0 Å². The molecule has 28 heavy (non-hydrogen) atoms. The summed E-state index contributed by atoms with van der Waals surface area (Å²) < 4.78 is 0. The molecule has 0 aliphatic carbocycles. The van der Waals surface area contributed by atoms with Crippen LogP contribution < -0.4 is 0 Å². The maximum atomic E-state index is 2.30. The number of hydrogen-bond acceptors (Lipinski definition) is 2. The maximum absolute atomic E-state index is 2.30. The zero-order valence-corrected chi connectivity index (χ0v) is 18.0. The molecule has 0 atom stereocenters. The maximum Gasteiger partial charge on any atom is 0.0349 e. The predicted molar refractivity (Wildman–Crippen MR) is 126 cm³/mol. The highest BCUT2D eigenvalue weighted by Crippen LogP contribution is 2.35. The monoisotopic (exact) mass is 402 g/mol. The minimum Gasteiger partial charge on any atom is -0.144 e. The molecular formula is C26H26S2. The van der Waals surface area contributed by atoms with Crippen LogP contribution in [0.3, 0.4) is 0 Å². The summed E-state index contributed by atoms with van der Waals surface area (Å²) >= 11 is 3.67. The zero-order valence-electron chi connectivity index (χ0n) is 16.4. The molecule has 0 saturated carbocycles. The van der Waals surface area contributed by atoms with Gasteiger partial charge >= 0.3 is 0 Å². The lowest BCUT2D eigenvalue weighted by atomic mass is 10.0. The number of thiophene rings is 2. The Bertz CT molecular complexity index is 974. The van der Waals surface area contributed by atoms with Gasteiger partial charge in [-0.2, -0.15) is 0 Å². The third-order valence-corrected chi connectivity index (χ3v) is 7.24. The summed E-state index contributed by atoms with van der Waals surface area (Å²) in [4.78, 5) is 4.00. The van der Waals surface area contributed by atoms with Crippen molar-refractivity contribution in [2.75, 3.05) is 0 Å². The summed E-state index contributed by atoms with van der Waals surface area (Å²) in [7, 11) is 0. The normalized spacial score (nSPS) is 11.0. The first-order valence-electron chi connectivity index (χ1n) is 10.2. The van der Waals surface area contributed by atoms with Crippen molar-refractivity contribution in [2.24, 2.45) is 0 Å². The predicted octanol–water partition coefficient (Wildman–Crippen LogP) is 8.93. The van der Waals surface area contributed by atoms with Crippen molar-refractivity contribution >= 4 is 22.7 Å². The van der Waals surface area contributed by atoms with E-state index in [0.717, 1.165) is 0 Å². The Kier molecular flexibility index (Phi) is 6.41. The van der Waals surface area contributed by atoms with Gasteiger partial charge in [-0.1, -0.05) is 80.8 Å². The zero-order chi connectivity index (χ0) is 19.2. The molecule has 2 aromatic heterocycles. The minimum atomic E-state index is 1.20. The average molecular weight is 403 g/mol. The first kappa shape index (κ1) is 19.2. The molecule has 0 aliphatic heterocycles. The van der Waals surface area contributed by atoms with Crippen LogP contribution in [0.1, 0.15) is 38.2 Å². The van der Waals surface area contributed by atoms with Gasteiger partial charge in [-0.15, -0.1) is 22.7 Å². The molecule has 142 valence electrons. The highest BCUT2D eigenvalue weighted by Gasteiger charge is 2.06. The third-order valence-electron chi connectivity index (χ3n) is 5.14. The summed E-state index contributed by atoms with van der Waals surface area (Å²) in [6, 6.07) is 26.9. The number of aryl methyl sites for hydroxylation is 1. The standard InChI is InChI=1S/C26H26S2/c1-2-3-4-5-7-20-9-11-22(12-10-20)25-17-18-26(28-25)23-15-13-21(14-16-23)24-8-6-19-27-24/h6,8-19H,2-5,7H2,1H3. The second-order valence-corrected chi connectivity index (χ2v) is 9.26. The molecule has 2 heteroatoms. The van der Waals surface area contributed by atoms with E-state index in [2.05, 4.69) is 85.1 Å². The molecule has 2 heterocycles. The van der Waals surface area contributed by atoms with Gasteiger partial charge < -0.3 is 0 Å². The highest BCUT2D eigenvalue weighted by atomic mass is 32.1. The molecule has 4 aromatic rings. The summed E-state index contributed by atoms with van der Waals surface area (Å²) in [5, 5.41) is 2.13. The molecule has 0 N–H and O–H groups in total. The van der Waals surface area contributed by atoms with Crippen LogP contribution in [-0.2, 0) is 6.42 Å². The highest BCUT2D eigenvalue weighted by molar-refractivity contribution is 7.18. The van der Waals surface area contributed by atoms with Crippen LogP contribution in [0, 0.1) is 0 Å². The second-order valence-electron chi connectivity index (χ2n) is 7.23. The van der Waals surface area contributed by atoms with Crippen LogP contribution in [-0.4, -0.2) is 0 Å². The molecule has 0 spiro atoms. The van der Waals surface area contributed by atoms with Crippen molar-refractivity contribution in [3.8, 4) is 31.3 Å². The number of rotatable bonds is 8. The van der Waals surface area contributed by atoms with Crippen LogP contribution in [0.15, 0.2) is 78.2 Å². The van der Waals surface area contributed by atoms with Crippen LogP contribution in [0.25, 0.3) is 31.3 Å². The van der Waals surface area contributed by atoms with Crippen molar-refractivity contribution in [1.29, 1.82) is 0 Å². The van der Waals surface area contributed by atoms with Crippen molar-refractivity contribution in [3.05, 3.63) is 83.7 Å². The van der Waals surface area contributed by atoms with E-state index in [0.29, 0.717) is 0 Å². The van der Waals surface area contributed by atoms with Crippen LogP contribution in [0.2, 0.25) is 0 Å². The fourth-order valence-electron chi connectivity index (χ4n) is 3.48. The summed E-state index contributed by atoms with van der Waals surface area (Å²) in [5.74, 6) is 0. The van der Waals surface area contributed by atoms with E-state index >= 15 is 0 Å². The lowest BCUT2D eigenvalue weighted by Crippen LogP contribution is -1.85. The van der Waals surface area contributed by atoms with E-state index in [1.165, 1.54) is 69.0 Å². The third kappa shape index (κ3) is 4.63. The molecule has 0 saturated heterocycles. The van der Waals surface area contributed by atoms with Crippen molar-refractivity contribution in [1.82, 2.24) is 0 Å². The van der Waals surface area contributed by atoms with E-state index in [9.17, 15) is 0 Å². The van der Waals surface area contributed by atoms with E-state index in [1.54, 1.807) is 11.3 Å². The summed E-state index contributed by atoms with van der Waals surface area (Å²) in [6.07, 6.45) is 6.50. The van der Waals surface area contributed by atoms with Gasteiger partial charge in [0.25, 0.3) is 0 Å². The van der Waals surface area contributed by atoms with Gasteiger partial charge in [-0.05, 0) is 58.7 Å². The van der Waals surface area contributed by atoms with Gasteiger partial charge in [0.1, 0.15) is 0 Å². The lowest BCUT2D eigenvalue weighted by molar-refractivity contribution is 0.667. The largest absolute Gasteiger partial charge is 0.144 e. The quantitative estimate of drug-likeness (QED) is 0.258. The molecule has 0 amide bonds. The Morgan fingerprint density at radius 1 is 0.607 bits per heavy atom. The van der Waals surface area contributed by atoms with Crippen molar-refractivity contribution in [3.63, 3.8) is 0 Å². The van der Waals surface area contributed by atoms with Gasteiger partial charge in [0, 0.05) is 14.6 Å². The van der Waals surface area contributed by atoms with E-state index in [-0.39, 0.29) is 0 Å². The molecule has 0 fully saturated rings. The van der Waals surface area contributed by atoms with Crippen molar-refractivity contribution < 1.29 is 0 Å². The number of unbranched alkanes of at least 4 members (excludes halogenated alkanes) is 3. The molecule has 0 aliphatic rings. The molecule has 2 aromatic carbocycles. The summed E-state index contributed by atoms with van der Waals surface area (Å²) in [6.45, 7) is 2.27. The smallest absolute Gasteiger partial charge is 0.0349 e. The average Bonchev–Trinajstić information content (AvgIpc) is 3.44. The molecule has 0 nitrogen and oxygen atoms in total. The number of benzene rings is 2. The van der Waals surface area contributed by atoms with Crippen LogP contribution >= 0.6 is 22.7 Å². The Labute approximate surface area is 176 Å². The van der Waals surface area contributed by atoms with Gasteiger partial charge in [-0.3, -0.25) is 0 Å². The first-order chi connectivity index (χ1) is 13.8.